The van der Waals surface area contributed by atoms with E-state index in [9.17, 15) is 4.79 Å². The molecule has 4 heterocycles. The Balaban J connectivity index is 1.45. The maximum absolute atomic E-state index is 15.4. The van der Waals surface area contributed by atoms with Crippen molar-refractivity contribution in [3.05, 3.63) is 58.9 Å². The van der Waals surface area contributed by atoms with Crippen molar-refractivity contribution in [1.82, 2.24) is 24.8 Å². The van der Waals surface area contributed by atoms with E-state index in [2.05, 4.69) is 19.9 Å². The van der Waals surface area contributed by atoms with E-state index in [1.165, 1.54) is 12.4 Å². The number of halogens is 2. The van der Waals surface area contributed by atoms with Gasteiger partial charge in [0.1, 0.15) is 18.0 Å². The summed E-state index contributed by atoms with van der Waals surface area (Å²) in [5, 5.41) is 0.0536. The lowest BCUT2D eigenvalue weighted by molar-refractivity contribution is -0.0746. The summed E-state index contributed by atoms with van der Waals surface area (Å²) in [6.45, 7) is 5.95. The number of aryl methyl sites for hydroxylation is 1. The van der Waals surface area contributed by atoms with Crippen molar-refractivity contribution >= 4 is 23.3 Å². The lowest BCUT2D eigenvalue weighted by atomic mass is 9.96. The molecule has 1 aromatic carbocycles. The summed E-state index contributed by atoms with van der Waals surface area (Å²) in [6, 6.07) is 6.85. The van der Waals surface area contributed by atoms with Gasteiger partial charge >= 0.3 is 0 Å². The molecule has 0 aliphatic carbocycles. The quantitative estimate of drug-likeness (QED) is 0.578. The highest BCUT2D eigenvalue weighted by molar-refractivity contribution is 6.34. The van der Waals surface area contributed by atoms with Gasteiger partial charge in [-0.3, -0.25) is 9.69 Å². The topological polar surface area (TPSA) is 97.5 Å². The number of anilines is 1. The molecule has 2 aromatic heterocycles. The summed E-state index contributed by atoms with van der Waals surface area (Å²) in [4.78, 5) is 30.2. The van der Waals surface area contributed by atoms with Gasteiger partial charge in [0, 0.05) is 49.1 Å². The van der Waals surface area contributed by atoms with Gasteiger partial charge in [0.05, 0.1) is 41.2 Å². The number of nitrogens with two attached hydrogens (primary N) is 1. The fraction of sp³-hybridized carbons (Fsp3) is 0.360. The zero-order valence-electron chi connectivity index (χ0n) is 19.4. The van der Waals surface area contributed by atoms with Crippen LogP contribution in [-0.4, -0.2) is 76.1 Å². The summed E-state index contributed by atoms with van der Waals surface area (Å²) >= 11 is 6.52. The fourth-order valence-corrected chi connectivity index (χ4v) is 4.85. The number of nitrogen functional groups attached to an aromatic ring is 1. The van der Waals surface area contributed by atoms with Crippen molar-refractivity contribution in [3.8, 4) is 22.4 Å². The number of benzene rings is 1. The van der Waals surface area contributed by atoms with E-state index in [0.29, 0.717) is 42.6 Å². The fourth-order valence-electron chi connectivity index (χ4n) is 4.56. The van der Waals surface area contributed by atoms with Crippen molar-refractivity contribution in [2.45, 2.75) is 19.4 Å². The van der Waals surface area contributed by atoms with Crippen molar-refractivity contribution in [3.63, 3.8) is 0 Å². The van der Waals surface area contributed by atoms with Gasteiger partial charge in [-0.1, -0.05) is 18.5 Å². The predicted molar refractivity (Wildman–Crippen MR) is 132 cm³/mol. The number of carbonyl (C=O) groups is 1. The van der Waals surface area contributed by atoms with E-state index in [0.717, 1.165) is 43.1 Å². The highest BCUT2D eigenvalue weighted by atomic mass is 35.5. The van der Waals surface area contributed by atoms with Crippen molar-refractivity contribution < 1.29 is 13.9 Å². The maximum Gasteiger partial charge on any atom is 0.258 e. The average molecular weight is 497 g/mol. The molecule has 2 N–H and O–H groups in total. The monoisotopic (exact) mass is 496 g/mol. The average Bonchev–Trinajstić information content (AvgIpc) is 2.83. The van der Waals surface area contributed by atoms with Crippen LogP contribution in [0.1, 0.15) is 23.0 Å². The smallest absolute Gasteiger partial charge is 0.258 e. The zero-order chi connectivity index (χ0) is 24.5. The Morgan fingerprint density at radius 2 is 1.91 bits per heavy atom. The molecule has 10 heteroatoms. The normalized spacial score (nSPS) is 16.8. The van der Waals surface area contributed by atoms with E-state index >= 15 is 4.39 Å². The summed E-state index contributed by atoms with van der Waals surface area (Å²) < 4.78 is 20.7. The second-order valence-corrected chi connectivity index (χ2v) is 9.11. The Labute approximate surface area is 207 Å². The van der Waals surface area contributed by atoms with E-state index in [1.54, 1.807) is 23.2 Å². The van der Waals surface area contributed by atoms with Gasteiger partial charge in [-0.25, -0.2) is 19.3 Å². The van der Waals surface area contributed by atoms with Gasteiger partial charge < -0.3 is 15.4 Å². The second kappa shape index (κ2) is 9.85. The standard InChI is InChI=1S/C25H26ClFN6O2/c1-2-20-22(15-3-4-21(28)29-11-15)24(31-14-30-20)16-9-18(26)23(19(27)10-16)25(34)33-7-5-32(6-8-33)17-12-35-13-17/h3-4,9-11,14,17H,2,5-8,12-13H2,1H3,(H2,28,29). The molecule has 0 spiro atoms. The number of nitrogens with zero attached hydrogens (tertiary/aromatic N) is 5. The molecule has 35 heavy (non-hydrogen) atoms. The molecule has 2 fully saturated rings. The first-order valence-electron chi connectivity index (χ1n) is 11.6. The van der Waals surface area contributed by atoms with Crippen LogP contribution in [0, 0.1) is 5.82 Å². The van der Waals surface area contributed by atoms with Crippen LogP contribution in [-0.2, 0) is 11.2 Å². The van der Waals surface area contributed by atoms with Crippen molar-refractivity contribution in [2.24, 2.45) is 0 Å². The Hall–Kier alpha value is -3.14. The molecular weight excluding hydrogens is 471 g/mol. The lowest BCUT2D eigenvalue weighted by Gasteiger charge is -2.42. The molecular formula is C25H26ClFN6O2. The summed E-state index contributed by atoms with van der Waals surface area (Å²) in [5.74, 6) is -0.683. The Bertz CT molecular complexity index is 1220. The molecule has 3 aromatic rings. The first-order chi connectivity index (χ1) is 17.0. The van der Waals surface area contributed by atoms with Crippen LogP contribution in [0.2, 0.25) is 5.02 Å². The summed E-state index contributed by atoms with van der Waals surface area (Å²) in [7, 11) is 0. The summed E-state index contributed by atoms with van der Waals surface area (Å²) in [6.07, 6.45) is 3.72. The van der Waals surface area contributed by atoms with Crippen LogP contribution in [0.15, 0.2) is 36.8 Å². The number of hydrogen-bond acceptors (Lipinski definition) is 7. The second-order valence-electron chi connectivity index (χ2n) is 8.70. The highest BCUT2D eigenvalue weighted by Gasteiger charge is 2.32. The lowest BCUT2D eigenvalue weighted by Crippen LogP contribution is -2.57. The van der Waals surface area contributed by atoms with Crippen LogP contribution in [0.5, 0.6) is 0 Å². The number of rotatable bonds is 5. The van der Waals surface area contributed by atoms with E-state index in [1.807, 2.05) is 13.0 Å². The van der Waals surface area contributed by atoms with E-state index in [4.69, 9.17) is 22.1 Å². The molecule has 1 amide bonds. The van der Waals surface area contributed by atoms with Gasteiger partial charge in [0.25, 0.3) is 5.91 Å². The van der Waals surface area contributed by atoms with Gasteiger partial charge in [-0.05, 0) is 30.7 Å². The number of piperazine rings is 1. The molecule has 0 unspecified atom stereocenters. The molecule has 0 bridgehead atoms. The van der Waals surface area contributed by atoms with Crippen LogP contribution in [0.25, 0.3) is 22.4 Å². The minimum absolute atomic E-state index is 0.0536. The number of aromatic nitrogens is 3. The van der Waals surface area contributed by atoms with Gasteiger partial charge in [0.2, 0.25) is 0 Å². The van der Waals surface area contributed by atoms with Crippen LogP contribution < -0.4 is 5.73 Å². The Kier molecular flexibility index (Phi) is 6.64. The molecule has 2 aliphatic rings. The number of carbonyl (C=O) groups excluding carboxylic acids is 1. The van der Waals surface area contributed by atoms with Crippen LogP contribution >= 0.6 is 11.6 Å². The predicted octanol–water partition coefficient (Wildman–Crippen LogP) is 3.30. The van der Waals surface area contributed by atoms with Crippen LogP contribution in [0.4, 0.5) is 10.2 Å². The number of amides is 1. The summed E-state index contributed by atoms with van der Waals surface area (Å²) in [5.41, 5.74) is 8.89. The third-order valence-corrected chi connectivity index (χ3v) is 6.90. The van der Waals surface area contributed by atoms with Crippen molar-refractivity contribution in [1.29, 1.82) is 0 Å². The molecule has 2 saturated heterocycles. The van der Waals surface area contributed by atoms with Crippen molar-refractivity contribution in [2.75, 3.05) is 45.1 Å². The molecule has 182 valence electrons. The zero-order valence-corrected chi connectivity index (χ0v) is 20.1. The number of ether oxygens (including phenoxy) is 1. The SMILES string of the molecule is CCc1ncnc(-c2cc(F)c(C(=O)N3CCN(C4COC4)CC3)c(Cl)c2)c1-c1ccc(N)nc1. The van der Waals surface area contributed by atoms with Gasteiger partial charge in [0.15, 0.2) is 0 Å². The molecule has 5 rings (SSSR count). The third-order valence-electron chi connectivity index (χ3n) is 6.60. The van der Waals surface area contributed by atoms with E-state index < -0.39 is 11.7 Å². The molecule has 0 saturated carbocycles. The van der Waals surface area contributed by atoms with Crippen LogP contribution in [0.3, 0.4) is 0 Å². The molecule has 8 nitrogen and oxygen atoms in total. The highest BCUT2D eigenvalue weighted by Crippen LogP contribution is 2.36. The molecule has 2 aliphatic heterocycles. The maximum atomic E-state index is 15.4. The first-order valence-corrected chi connectivity index (χ1v) is 12.0. The number of pyridine rings is 1. The first kappa shape index (κ1) is 23.6. The van der Waals surface area contributed by atoms with Gasteiger partial charge in [-0.15, -0.1) is 0 Å². The number of hydrogen-bond donors (Lipinski definition) is 1. The van der Waals surface area contributed by atoms with Gasteiger partial charge in [-0.2, -0.15) is 0 Å². The van der Waals surface area contributed by atoms with E-state index in [-0.39, 0.29) is 10.6 Å². The molecule has 0 atom stereocenters. The minimum atomic E-state index is -0.676. The Morgan fingerprint density at radius 1 is 1.14 bits per heavy atom. The largest absolute Gasteiger partial charge is 0.384 e. The third kappa shape index (κ3) is 4.59. The minimum Gasteiger partial charge on any atom is -0.384 e. The Morgan fingerprint density at radius 3 is 2.51 bits per heavy atom. The molecule has 0 radical (unpaired) electrons.